The van der Waals surface area contributed by atoms with Gasteiger partial charge in [-0.1, -0.05) is 71.1 Å². The fraction of sp³-hybridized carbons (Fsp3) is 1.00. The summed E-state index contributed by atoms with van der Waals surface area (Å²) in [5, 5.41) is 0. The van der Waals surface area contributed by atoms with E-state index in [0.29, 0.717) is 0 Å². The first-order valence-electron chi connectivity index (χ1n) is 6.91. The van der Waals surface area contributed by atoms with Gasteiger partial charge >= 0.3 is 0 Å². The molecular formula is C14H29F. The van der Waals surface area contributed by atoms with Gasteiger partial charge in [0.15, 0.2) is 0 Å². The molecule has 0 aliphatic rings. The van der Waals surface area contributed by atoms with Crippen molar-refractivity contribution in [3.63, 3.8) is 0 Å². The average molecular weight is 216 g/mol. The monoisotopic (exact) mass is 216 g/mol. The molecule has 15 heavy (non-hydrogen) atoms. The molecule has 0 saturated carbocycles. The first-order chi connectivity index (χ1) is 7.27. The molecule has 1 unspecified atom stereocenters. The number of alkyl halides is 1. The topological polar surface area (TPSA) is 0 Å². The Bertz CT molecular complexity index is 110. The number of hydrogen-bond acceptors (Lipinski definition) is 0. The molecule has 0 aromatic carbocycles. The molecule has 1 atom stereocenters. The summed E-state index contributed by atoms with van der Waals surface area (Å²) in [7, 11) is 0. The summed E-state index contributed by atoms with van der Waals surface area (Å²) >= 11 is 0. The highest BCUT2D eigenvalue weighted by atomic mass is 19.1. The molecule has 1 heteroatoms. The molecule has 0 aromatic rings. The number of halogens is 1. The van der Waals surface area contributed by atoms with Crippen molar-refractivity contribution in [1.82, 2.24) is 0 Å². The van der Waals surface area contributed by atoms with Crippen LogP contribution in [0.5, 0.6) is 0 Å². The molecule has 0 nitrogen and oxygen atoms in total. The summed E-state index contributed by atoms with van der Waals surface area (Å²) < 4.78 is 12.4. The van der Waals surface area contributed by atoms with E-state index in [4.69, 9.17) is 0 Å². The summed E-state index contributed by atoms with van der Waals surface area (Å²) in [6.45, 7) is 3.92. The highest BCUT2D eigenvalue weighted by Gasteiger charge is 1.97. The minimum Gasteiger partial charge on any atom is -0.248 e. The van der Waals surface area contributed by atoms with Crippen LogP contribution in [0.4, 0.5) is 4.39 Å². The minimum atomic E-state index is -0.598. The molecule has 0 saturated heterocycles. The second kappa shape index (κ2) is 12.0. The zero-order valence-electron chi connectivity index (χ0n) is 10.7. The third-order valence-electron chi connectivity index (χ3n) is 2.96. The lowest BCUT2D eigenvalue weighted by molar-refractivity contribution is 0.329. The SMILES string of the molecule is CCCCCCCCCCCCC(C)F. The van der Waals surface area contributed by atoms with E-state index in [2.05, 4.69) is 6.92 Å². The van der Waals surface area contributed by atoms with Crippen LogP contribution in [0.1, 0.15) is 84.5 Å². The van der Waals surface area contributed by atoms with E-state index in [-0.39, 0.29) is 0 Å². The van der Waals surface area contributed by atoms with Crippen molar-refractivity contribution < 1.29 is 4.39 Å². The Morgan fingerprint density at radius 3 is 1.53 bits per heavy atom. The van der Waals surface area contributed by atoms with Gasteiger partial charge in [0.05, 0.1) is 6.17 Å². The summed E-state index contributed by atoms with van der Waals surface area (Å²) in [6.07, 6.45) is 13.5. The predicted octanol–water partition coefficient (Wildman–Crippen LogP) is 5.66. The van der Waals surface area contributed by atoms with E-state index >= 15 is 0 Å². The van der Waals surface area contributed by atoms with Crippen LogP contribution < -0.4 is 0 Å². The van der Waals surface area contributed by atoms with Crippen LogP contribution >= 0.6 is 0 Å². The Morgan fingerprint density at radius 2 is 1.13 bits per heavy atom. The second-order valence-electron chi connectivity index (χ2n) is 4.75. The fourth-order valence-corrected chi connectivity index (χ4v) is 1.91. The van der Waals surface area contributed by atoms with E-state index in [1.807, 2.05) is 0 Å². The van der Waals surface area contributed by atoms with E-state index in [9.17, 15) is 4.39 Å². The quantitative estimate of drug-likeness (QED) is 0.391. The zero-order valence-corrected chi connectivity index (χ0v) is 10.7. The summed E-state index contributed by atoms with van der Waals surface area (Å²) in [4.78, 5) is 0. The minimum absolute atomic E-state index is 0.598. The zero-order chi connectivity index (χ0) is 11.4. The Labute approximate surface area is 95.6 Å². The van der Waals surface area contributed by atoms with E-state index in [1.165, 1.54) is 57.8 Å². The van der Waals surface area contributed by atoms with Gasteiger partial charge in [-0.2, -0.15) is 0 Å². The van der Waals surface area contributed by atoms with Crippen LogP contribution in [0.25, 0.3) is 0 Å². The third kappa shape index (κ3) is 13.9. The van der Waals surface area contributed by atoms with Crippen LogP contribution in [0.3, 0.4) is 0 Å². The molecule has 0 amide bonds. The van der Waals surface area contributed by atoms with Crippen molar-refractivity contribution in [2.24, 2.45) is 0 Å². The molecule has 0 spiro atoms. The van der Waals surface area contributed by atoms with Crippen LogP contribution in [0, 0.1) is 0 Å². The first kappa shape index (κ1) is 14.9. The Balaban J connectivity index is 2.87. The summed E-state index contributed by atoms with van der Waals surface area (Å²) in [5.41, 5.74) is 0. The summed E-state index contributed by atoms with van der Waals surface area (Å²) in [5.74, 6) is 0. The molecule has 0 bridgehead atoms. The van der Waals surface area contributed by atoms with E-state index in [0.717, 1.165) is 12.8 Å². The molecule has 0 aliphatic carbocycles. The number of rotatable bonds is 11. The lowest BCUT2D eigenvalue weighted by atomic mass is 10.1. The standard InChI is InChI=1S/C14H29F/c1-3-4-5-6-7-8-9-10-11-12-13-14(2)15/h14H,3-13H2,1-2H3. The van der Waals surface area contributed by atoms with Crippen molar-refractivity contribution in [3.8, 4) is 0 Å². The molecule has 0 N–H and O–H groups in total. The number of unbranched alkanes of at least 4 members (excludes halogenated alkanes) is 9. The van der Waals surface area contributed by atoms with Gasteiger partial charge in [-0.3, -0.25) is 0 Å². The highest BCUT2D eigenvalue weighted by molar-refractivity contribution is 4.50. The van der Waals surface area contributed by atoms with Crippen LogP contribution in [0.2, 0.25) is 0 Å². The maximum Gasteiger partial charge on any atom is 0.0973 e. The normalized spacial score (nSPS) is 13.0. The lowest BCUT2D eigenvalue weighted by Crippen LogP contribution is -1.91. The first-order valence-corrected chi connectivity index (χ1v) is 6.91. The largest absolute Gasteiger partial charge is 0.248 e. The smallest absolute Gasteiger partial charge is 0.0973 e. The molecule has 0 rings (SSSR count). The lowest BCUT2D eigenvalue weighted by Gasteiger charge is -2.02. The van der Waals surface area contributed by atoms with Crippen molar-refractivity contribution in [1.29, 1.82) is 0 Å². The van der Waals surface area contributed by atoms with Gasteiger partial charge in [-0.05, 0) is 13.3 Å². The van der Waals surface area contributed by atoms with Crippen molar-refractivity contribution in [2.45, 2.75) is 90.6 Å². The van der Waals surface area contributed by atoms with Gasteiger partial charge < -0.3 is 0 Å². The predicted molar refractivity (Wildman–Crippen MR) is 67.0 cm³/mol. The average Bonchev–Trinajstić information content (AvgIpc) is 2.20. The van der Waals surface area contributed by atoms with Crippen molar-refractivity contribution >= 4 is 0 Å². The molecule has 92 valence electrons. The second-order valence-corrected chi connectivity index (χ2v) is 4.75. The summed E-state index contributed by atoms with van der Waals surface area (Å²) in [6, 6.07) is 0. The van der Waals surface area contributed by atoms with Crippen molar-refractivity contribution in [3.05, 3.63) is 0 Å². The van der Waals surface area contributed by atoms with Gasteiger partial charge in [0.2, 0.25) is 0 Å². The Hall–Kier alpha value is -0.0700. The van der Waals surface area contributed by atoms with Crippen LogP contribution in [0.15, 0.2) is 0 Å². The molecule has 0 heterocycles. The van der Waals surface area contributed by atoms with Crippen LogP contribution in [-0.2, 0) is 0 Å². The van der Waals surface area contributed by atoms with Gasteiger partial charge in [-0.25, -0.2) is 4.39 Å². The highest BCUT2D eigenvalue weighted by Crippen LogP contribution is 2.12. The Kier molecular flexibility index (Phi) is 11.9. The maximum atomic E-state index is 12.4. The fourth-order valence-electron chi connectivity index (χ4n) is 1.91. The van der Waals surface area contributed by atoms with E-state index in [1.54, 1.807) is 6.92 Å². The number of hydrogen-bond donors (Lipinski definition) is 0. The van der Waals surface area contributed by atoms with Gasteiger partial charge in [0, 0.05) is 0 Å². The van der Waals surface area contributed by atoms with E-state index < -0.39 is 6.17 Å². The van der Waals surface area contributed by atoms with Gasteiger partial charge in [0.1, 0.15) is 0 Å². The molecule has 0 aromatic heterocycles. The molecular weight excluding hydrogens is 187 g/mol. The molecule has 0 radical (unpaired) electrons. The van der Waals surface area contributed by atoms with Crippen LogP contribution in [-0.4, -0.2) is 6.17 Å². The maximum absolute atomic E-state index is 12.4. The van der Waals surface area contributed by atoms with Gasteiger partial charge in [0.25, 0.3) is 0 Å². The third-order valence-corrected chi connectivity index (χ3v) is 2.96. The molecule has 0 aliphatic heterocycles. The van der Waals surface area contributed by atoms with Crippen molar-refractivity contribution in [2.75, 3.05) is 0 Å². The molecule has 0 fully saturated rings. The van der Waals surface area contributed by atoms with Gasteiger partial charge in [-0.15, -0.1) is 0 Å². The Morgan fingerprint density at radius 1 is 0.733 bits per heavy atom.